The highest BCUT2D eigenvalue weighted by molar-refractivity contribution is 5.99. The van der Waals surface area contributed by atoms with Crippen LogP contribution >= 0.6 is 0 Å². The number of rotatable bonds is 3. The molecule has 1 aliphatic rings. The Balaban J connectivity index is 2.24. The number of nitrogens with two attached hydrogens (primary N) is 1. The lowest BCUT2D eigenvalue weighted by atomic mass is 10.1. The summed E-state index contributed by atoms with van der Waals surface area (Å²) in [5, 5.41) is 10.7. The Labute approximate surface area is 111 Å². The smallest absolute Gasteiger partial charge is 0.270 e. The van der Waals surface area contributed by atoms with Crippen LogP contribution in [0.4, 0.5) is 11.4 Å². The number of nitrogens with zero attached hydrogens (tertiary/aromatic N) is 2. The zero-order chi connectivity index (χ0) is 14.0. The summed E-state index contributed by atoms with van der Waals surface area (Å²) in [6.07, 6.45) is 2.02. The summed E-state index contributed by atoms with van der Waals surface area (Å²) in [5.74, 6) is 0.307. The number of nitro groups is 1. The fourth-order valence-electron chi connectivity index (χ4n) is 2.36. The molecule has 1 unspecified atom stereocenters. The van der Waals surface area contributed by atoms with Crippen molar-refractivity contribution < 1.29 is 9.72 Å². The fourth-order valence-corrected chi connectivity index (χ4v) is 2.36. The van der Waals surface area contributed by atoms with Gasteiger partial charge in [-0.3, -0.25) is 14.9 Å². The molecular formula is C13H17N3O3. The summed E-state index contributed by atoms with van der Waals surface area (Å²) < 4.78 is 0. The molecule has 0 bridgehead atoms. The molecule has 1 fully saturated rings. The SMILES string of the molecule is CCC1CCN(C(=O)c2cc([N+](=O)[O-])ccc2N)C1. The van der Waals surface area contributed by atoms with Crippen molar-refractivity contribution in [1.29, 1.82) is 0 Å². The third-order valence-corrected chi connectivity index (χ3v) is 3.63. The van der Waals surface area contributed by atoms with E-state index in [1.54, 1.807) is 4.90 Å². The normalized spacial score (nSPS) is 18.6. The maximum atomic E-state index is 12.3. The molecule has 0 aromatic heterocycles. The molecule has 0 spiro atoms. The van der Waals surface area contributed by atoms with Crippen LogP contribution in [-0.2, 0) is 0 Å². The van der Waals surface area contributed by atoms with E-state index in [4.69, 9.17) is 5.73 Å². The molecule has 0 saturated carbocycles. The van der Waals surface area contributed by atoms with E-state index in [1.807, 2.05) is 0 Å². The number of hydrogen-bond acceptors (Lipinski definition) is 4. The van der Waals surface area contributed by atoms with E-state index in [9.17, 15) is 14.9 Å². The second kappa shape index (κ2) is 5.26. The largest absolute Gasteiger partial charge is 0.398 e. The minimum Gasteiger partial charge on any atom is -0.398 e. The molecule has 1 aromatic carbocycles. The van der Waals surface area contributed by atoms with Gasteiger partial charge in [-0.15, -0.1) is 0 Å². The second-order valence-corrected chi connectivity index (χ2v) is 4.84. The van der Waals surface area contributed by atoms with Crippen LogP contribution < -0.4 is 5.73 Å². The molecule has 6 nitrogen and oxygen atoms in total. The van der Waals surface area contributed by atoms with Gasteiger partial charge < -0.3 is 10.6 Å². The highest BCUT2D eigenvalue weighted by Gasteiger charge is 2.27. The van der Waals surface area contributed by atoms with Crippen LogP contribution in [0.15, 0.2) is 18.2 Å². The molecule has 6 heteroatoms. The first-order valence-electron chi connectivity index (χ1n) is 6.36. The lowest BCUT2D eigenvalue weighted by Crippen LogP contribution is -2.29. The average Bonchev–Trinajstić information content (AvgIpc) is 2.87. The monoisotopic (exact) mass is 263 g/mol. The molecule has 102 valence electrons. The number of non-ortho nitro benzene ring substituents is 1. The molecule has 2 N–H and O–H groups in total. The van der Waals surface area contributed by atoms with E-state index in [2.05, 4.69) is 6.92 Å². The number of likely N-dealkylation sites (tertiary alicyclic amines) is 1. The van der Waals surface area contributed by atoms with Crippen molar-refractivity contribution in [3.8, 4) is 0 Å². The molecule has 1 aromatic rings. The van der Waals surface area contributed by atoms with E-state index in [-0.39, 0.29) is 22.8 Å². The first kappa shape index (κ1) is 13.3. The quantitative estimate of drug-likeness (QED) is 0.513. The van der Waals surface area contributed by atoms with Gasteiger partial charge >= 0.3 is 0 Å². The third-order valence-electron chi connectivity index (χ3n) is 3.63. The predicted molar refractivity (Wildman–Crippen MR) is 71.8 cm³/mol. The van der Waals surface area contributed by atoms with E-state index in [1.165, 1.54) is 18.2 Å². The number of carbonyl (C=O) groups excluding carboxylic acids is 1. The molecule has 1 saturated heterocycles. The summed E-state index contributed by atoms with van der Waals surface area (Å²) in [4.78, 5) is 24.3. The Morgan fingerprint density at radius 1 is 1.58 bits per heavy atom. The van der Waals surface area contributed by atoms with Crippen molar-refractivity contribution in [3.63, 3.8) is 0 Å². The number of benzene rings is 1. The molecule has 1 amide bonds. The summed E-state index contributed by atoms with van der Waals surface area (Å²) in [5.41, 5.74) is 6.16. The van der Waals surface area contributed by atoms with E-state index in [0.717, 1.165) is 12.8 Å². The number of amides is 1. The van der Waals surface area contributed by atoms with Crippen molar-refractivity contribution in [1.82, 2.24) is 4.90 Å². The van der Waals surface area contributed by atoms with E-state index < -0.39 is 4.92 Å². The Hall–Kier alpha value is -2.11. The Bertz CT molecular complexity index is 516. The summed E-state index contributed by atoms with van der Waals surface area (Å²) >= 11 is 0. The minimum atomic E-state index is -0.519. The standard InChI is InChI=1S/C13H17N3O3/c1-2-9-5-6-15(8-9)13(17)11-7-10(16(18)19)3-4-12(11)14/h3-4,7,9H,2,5-6,8,14H2,1H3. The Morgan fingerprint density at radius 3 is 2.89 bits per heavy atom. The molecule has 2 rings (SSSR count). The van der Waals surface area contributed by atoms with Crippen LogP contribution in [0.5, 0.6) is 0 Å². The zero-order valence-corrected chi connectivity index (χ0v) is 10.8. The van der Waals surface area contributed by atoms with Gasteiger partial charge in [-0.25, -0.2) is 0 Å². The molecule has 19 heavy (non-hydrogen) atoms. The predicted octanol–water partition coefficient (Wildman–Crippen LogP) is 2.05. The van der Waals surface area contributed by atoms with Crippen LogP contribution in [0.25, 0.3) is 0 Å². The van der Waals surface area contributed by atoms with Crippen LogP contribution in [0.3, 0.4) is 0 Å². The number of nitro benzene ring substituents is 1. The van der Waals surface area contributed by atoms with Gasteiger partial charge in [-0.2, -0.15) is 0 Å². The van der Waals surface area contributed by atoms with Gasteiger partial charge in [0.15, 0.2) is 0 Å². The molecule has 1 heterocycles. The summed E-state index contributed by atoms with van der Waals surface area (Å²) in [7, 11) is 0. The van der Waals surface area contributed by atoms with Crippen LogP contribution in [0.2, 0.25) is 0 Å². The van der Waals surface area contributed by atoms with Gasteiger partial charge in [0.2, 0.25) is 0 Å². The van der Waals surface area contributed by atoms with Crippen molar-refractivity contribution in [2.75, 3.05) is 18.8 Å². The summed E-state index contributed by atoms with van der Waals surface area (Å²) in [6, 6.07) is 3.99. The van der Waals surface area contributed by atoms with Crippen molar-refractivity contribution in [2.45, 2.75) is 19.8 Å². The minimum absolute atomic E-state index is 0.108. The van der Waals surface area contributed by atoms with Crippen molar-refractivity contribution in [3.05, 3.63) is 33.9 Å². The lowest BCUT2D eigenvalue weighted by molar-refractivity contribution is -0.384. The second-order valence-electron chi connectivity index (χ2n) is 4.84. The lowest BCUT2D eigenvalue weighted by Gasteiger charge is -2.17. The molecule has 1 aliphatic heterocycles. The van der Waals surface area contributed by atoms with Crippen LogP contribution in [-0.4, -0.2) is 28.8 Å². The molecule has 0 radical (unpaired) electrons. The number of carbonyl (C=O) groups is 1. The maximum absolute atomic E-state index is 12.3. The summed E-state index contributed by atoms with van der Waals surface area (Å²) in [6.45, 7) is 3.50. The number of anilines is 1. The highest BCUT2D eigenvalue weighted by atomic mass is 16.6. The topological polar surface area (TPSA) is 89.5 Å². The van der Waals surface area contributed by atoms with Gasteiger partial charge in [0, 0.05) is 30.9 Å². The van der Waals surface area contributed by atoms with Crippen LogP contribution in [0.1, 0.15) is 30.1 Å². The molecule has 0 aliphatic carbocycles. The molecule has 1 atom stereocenters. The highest BCUT2D eigenvalue weighted by Crippen LogP contribution is 2.25. The fraction of sp³-hybridized carbons (Fsp3) is 0.462. The van der Waals surface area contributed by atoms with Gasteiger partial charge in [0.1, 0.15) is 0 Å². The van der Waals surface area contributed by atoms with E-state index in [0.29, 0.717) is 19.0 Å². The number of nitrogen functional groups attached to an aromatic ring is 1. The van der Waals surface area contributed by atoms with E-state index >= 15 is 0 Å². The third kappa shape index (κ3) is 2.67. The zero-order valence-electron chi connectivity index (χ0n) is 10.8. The van der Waals surface area contributed by atoms with Crippen LogP contribution in [0, 0.1) is 16.0 Å². The van der Waals surface area contributed by atoms with Crippen molar-refractivity contribution >= 4 is 17.3 Å². The number of hydrogen-bond donors (Lipinski definition) is 1. The average molecular weight is 263 g/mol. The molecular weight excluding hydrogens is 246 g/mol. The first-order chi connectivity index (χ1) is 9.02. The Kier molecular flexibility index (Phi) is 3.69. The van der Waals surface area contributed by atoms with Gasteiger partial charge in [-0.05, 0) is 18.4 Å². The maximum Gasteiger partial charge on any atom is 0.270 e. The van der Waals surface area contributed by atoms with Gasteiger partial charge in [0.25, 0.3) is 11.6 Å². The Morgan fingerprint density at radius 2 is 2.32 bits per heavy atom. The first-order valence-corrected chi connectivity index (χ1v) is 6.36. The van der Waals surface area contributed by atoms with Gasteiger partial charge in [0.05, 0.1) is 10.5 Å². The van der Waals surface area contributed by atoms with Gasteiger partial charge in [-0.1, -0.05) is 13.3 Å². The van der Waals surface area contributed by atoms with Crippen molar-refractivity contribution in [2.24, 2.45) is 5.92 Å².